The molecule has 0 atom stereocenters. The van der Waals surface area contributed by atoms with Gasteiger partial charge in [0.05, 0.1) is 10.2 Å². The van der Waals surface area contributed by atoms with Gasteiger partial charge in [-0.3, -0.25) is 0 Å². The third kappa shape index (κ3) is 3.52. The lowest BCUT2D eigenvalue weighted by atomic mass is 10.5. The summed E-state index contributed by atoms with van der Waals surface area (Å²) in [6.45, 7) is 2.07. The van der Waals surface area contributed by atoms with Crippen molar-refractivity contribution in [1.82, 2.24) is 0 Å². The highest BCUT2D eigenvalue weighted by molar-refractivity contribution is 6.59. The van der Waals surface area contributed by atoms with Crippen molar-refractivity contribution in [3.05, 3.63) is 0 Å². The molecule has 0 saturated heterocycles. The molecule has 0 bridgehead atoms. The summed E-state index contributed by atoms with van der Waals surface area (Å²) in [5.41, 5.74) is 0. The smallest absolute Gasteiger partial charge is 0.106 e. The molecular weight excluding hydrogens is 106 g/mol. The molecule has 7 heavy (non-hydrogen) atoms. The molecule has 42 valence electrons. The number of hydrogen-bond donors (Lipinski definition) is 0. The van der Waals surface area contributed by atoms with Crippen LogP contribution in [-0.4, -0.2) is 22.7 Å². The summed E-state index contributed by atoms with van der Waals surface area (Å²) < 4.78 is 0. The highest BCUT2D eigenvalue weighted by Crippen LogP contribution is 1.77. The van der Waals surface area contributed by atoms with Gasteiger partial charge in [0.1, 0.15) is 7.11 Å². The summed E-state index contributed by atoms with van der Waals surface area (Å²) in [6.07, 6.45) is 1.03. The minimum Gasteiger partial charge on any atom is -0.400 e. The molecule has 0 aliphatic rings. The predicted molar refractivity (Wildman–Crippen MR) is 34.7 cm³/mol. The number of rotatable bonds is 2. The first-order chi connectivity index (χ1) is 3.31. The van der Waals surface area contributed by atoms with Gasteiger partial charge in [-0.2, -0.15) is 0 Å². The lowest BCUT2D eigenvalue weighted by Gasteiger charge is -1.89. The molecule has 0 aromatic rings. The predicted octanol–water partition coefficient (Wildman–Crippen LogP) is -0.278. The molecule has 0 aliphatic carbocycles. The first-order valence-electron chi connectivity index (χ1n) is 2.38. The molecule has 2 nitrogen and oxygen atoms in total. The average Bonchev–Trinajstić information content (AvgIpc) is 1.68. The zero-order valence-corrected chi connectivity index (χ0v) is 7.06. The van der Waals surface area contributed by atoms with Gasteiger partial charge in [-0.15, -0.1) is 5.16 Å². The van der Waals surface area contributed by atoms with E-state index in [9.17, 15) is 0 Å². The van der Waals surface area contributed by atoms with Crippen LogP contribution < -0.4 is 0 Å². The maximum atomic E-state index is 4.52. The molecule has 0 amide bonds. The lowest BCUT2D eigenvalue weighted by Crippen LogP contribution is -1.93. The van der Waals surface area contributed by atoms with E-state index < -0.39 is 0 Å². The Kier molecular flexibility index (Phi) is 3.69. The van der Waals surface area contributed by atoms with Crippen LogP contribution in [-0.2, 0) is 4.84 Å². The van der Waals surface area contributed by atoms with Crippen LogP contribution in [0.3, 0.4) is 0 Å². The van der Waals surface area contributed by atoms with Crippen molar-refractivity contribution < 1.29 is 4.84 Å². The first kappa shape index (κ1) is 6.69. The lowest BCUT2D eigenvalue weighted by molar-refractivity contribution is 0.214. The van der Waals surface area contributed by atoms with Gasteiger partial charge in [-0.05, 0) is 6.42 Å². The monoisotopic (exact) mass is 117 g/mol. The first-order valence-corrected chi connectivity index (χ1v) is 3.38. The molecule has 0 aromatic carbocycles. The van der Waals surface area contributed by atoms with Gasteiger partial charge in [0.15, 0.2) is 0 Å². The summed E-state index contributed by atoms with van der Waals surface area (Å²) in [4.78, 5) is 4.52. The molecule has 0 fully saturated rings. The molecular formula is C4H11NOSi. The SMILES string of the molecule is CCC([SiH3])=NOC. The van der Waals surface area contributed by atoms with Crippen molar-refractivity contribution in [3.8, 4) is 0 Å². The Morgan fingerprint density at radius 1 is 1.86 bits per heavy atom. The van der Waals surface area contributed by atoms with Crippen molar-refractivity contribution in [2.45, 2.75) is 13.3 Å². The van der Waals surface area contributed by atoms with Gasteiger partial charge < -0.3 is 4.84 Å². The van der Waals surface area contributed by atoms with Gasteiger partial charge >= 0.3 is 0 Å². The van der Waals surface area contributed by atoms with Crippen LogP contribution in [0.1, 0.15) is 13.3 Å². The zero-order chi connectivity index (χ0) is 5.70. The van der Waals surface area contributed by atoms with Gasteiger partial charge in [0, 0.05) is 5.33 Å². The standard InChI is InChI=1S/C4H11NOSi/c1-3-4(7)5-6-2/h3H2,1-2,7H3. The maximum Gasteiger partial charge on any atom is 0.106 e. The fourth-order valence-corrected chi connectivity index (χ4v) is 0.403. The van der Waals surface area contributed by atoms with Crippen LogP contribution in [0.5, 0.6) is 0 Å². The second kappa shape index (κ2) is 3.86. The van der Waals surface area contributed by atoms with Crippen LogP contribution in [0.2, 0.25) is 0 Å². The molecule has 0 spiro atoms. The summed E-state index contributed by atoms with van der Waals surface area (Å²) in [7, 11) is 2.60. The van der Waals surface area contributed by atoms with E-state index in [0.717, 1.165) is 16.7 Å². The van der Waals surface area contributed by atoms with Crippen molar-refractivity contribution in [3.63, 3.8) is 0 Å². The topological polar surface area (TPSA) is 21.6 Å². The van der Waals surface area contributed by atoms with Crippen molar-refractivity contribution in [1.29, 1.82) is 0 Å². The van der Waals surface area contributed by atoms with E-state index >= 15 is 0 Å². The summed E-state index contributed by atoms with van der Waals surface area (Å²) in [5.74, 6) is 0. The molecule has 0 rings (SSSR count). The quantitative estimate of drug-likeness (QED) is 0.277. The zero-order valence-electron chi connectivity index (χ0n) is 5.06. The largest absolute Gasteiger partial charge is 0.400 e. The summed E-state index contributed by atoms with van der Waals surface area (Å²) >= 11 is 0. The minimum atomic E-state index is 1.02. The molecule has 0 N–H and O–H groups in total. The molecule has 0 unspecified atom stereocenters. The molecule has 0 radical (unpaired) electrons. The van der Waals surface area contributed by atoms with Gasteiger partial charge in [-0.1, -0.05) is 6.92 Å². The minimum absolute atomic E-state index is 1.02. The highest BCUT2D eigenvalue weighted by atomic mass is 28.1. The number of oxime groups is 1. The number of nitrogens with zero attached hydrogens (tertiary/aromatic N) is 1. The fourth-order valence-electron chi connectivity index (χ4n) is 0.220. The Morgan fingerprint density at radius 3 is 2.57 bits per heavy atom. The second-order valence-corrected chi connectivity index (χ2v) is 2.52. The Bertz CT molecular complexity index is 72.1. The van der Waals surface area contributed by atoms with Crippen molar-refractivity contribution in [2.75, 3.05) is 7.11 Å². The Hall–Kier alpha value is -0.313. The second-order valence-electron chi connectivity index (χ2n) is 1.36. The maximum absolute atomic E-state index is 4.52. The Labute approximate surface area is 47.0 Å². The molecule has 3 heteroatoms. The van der Waals surface area contributed by atoms with Gasteiger partial charge in [0.25, 0.3) is 0 Å². The van der Waals surface area contributed by atoms with E-state index in [0.29, 0.717) is 0 Å². The van der Waals surface area contributed by atoms with Gasteiger partial charge in [0.2, 0.25) is 0 Å². The van der Waals surface area contributed by atoms with E-state index in [4.69, 9.17) is 0 Å². The van der Waals surface area contributed by atoms with Gasteiger partial charge in [-0.25, -0.2) is 0 Å². The van der Waals surface area contributed by atoms with E-state index in [1.807, 2.05) is 0 Å². The molecule has 0 aromatic heterocycles. The van der Waals surface area contributed by atoms with Crippen LogP contribution >= 0.6 is 0 Å². The van der Waals surface area contributed by atoms with Crippen molar-refractivity contribution in [2.24, 2.45) is 5.16 Å². The van der Waals surface area contributed by atoms with E-state index in [1.165, 1.54) is 5.33 Å². The van der Waals surface area contributed by atoms with E-state index in [1.54, 1.807) is 7.11 Å². The third-order valence-electron chi connectivity index (χ3n) is 0.759. The van der Waals surface area contributed by atoms with E-state index in [2.05, 4.69) is 16.9 Å². The molecule has 0 saturated carbocycles. The Morgan fingerprint density at radius 2 is 2.43 bits per heavy atom. The highest BCUT2D eigenvalue weighted by Gasteiger charge is 1.79. The molecule has 0 aliphatic heterocycles. The van der Waals surface area contributed by atoms with Crippen LogP contribution in [0.4, 0.5) is 0 Å². The number of hydrogen-bond acceptors (Lipinski definition) is 2. The van der Waals surface area contributed by atoms with E-state index in [-0.39, 0.29) is 0 Å². The van der Waals surface area contributed by atoms with Crippen LogP contribution in [0.25, 0.3) is 0 Å². The molecule has 0 heterocycles. The summed E-state index contributed by atoms with van der Waals surface area (Å²) in [5, 5.41) is 4.89. The van der Waals surface area contributed by atoms with Crippen molar-refractivity contribution >= 4 is 15.6 Å². The normalized spacial score (nSPS) is 12.0. The summed E-state index contributed by atoms with van der Waals surface area (Å²) in [6, 6.07) is 0. The third-order valence-corrected chi connectivity index (χ3v) is 1.65. The van der Waals surface area contributed by atoms with Crippen LogP contribution in [0, 0.1) is 0 Å². The Balaban J connectivity index is 3.29. The van der Waals surface area contributed by atoms with Crippen LogP contribution in [0.15, 0.2) is 5.16 Å². The average molecular weight is 117 g/mol. The fraction of sp³-hybridized carbons (Fsp3) is 0.750.